The van der Waals surface area contributed by atoms with E-state index in [4.69, 9.17) is 5.73 Å². The lowest BCUT2D eigenvalue weighted by Crippen LogP contribution is -2.32. The molecule has 1 fully saturated rings. The summed E-state index contributed by atoms with van der Waals surface area (Å²) in [6, 6.07) is 6.43. The number of hydrogen-bond donors (Lipinski definition) is 2. The quantitative estimate of drug-likeness (QED) is 0.827. The summed E-state index contributed by atoms with van der Waals surface area (Å²) in [5.74, 6) is -0.523. The van der Waals surface area contributed by atoms with Crippen LogP contribution in [0.25, 0.3) is 0 Å². The molecule has 1 saturated carbocycles. The van der Waals surface area contributed by atoms with E-state index in [1.54, 1.807) is 18.2 Å². The number of benzene rings is 1. The van der Waals surface area contributed by atoms with Crippen molar-refractivity contribution in [1.29, 1.82) is 0 Å². The number of carbonyl (C=O) groups excluding carboxylic acids is 1. The molecular formula is C13H17FN2O. The summed E-state index contributed by atoms with van der Waals surface area (Å²) < 4.78 is 13.3. The molecule has 2 rings (SSSR count). The van der Waals surface area contributed by atoms with Crippen molar-refractivity contribution in [3.63, 3.8) is 0 Å². The first-order valence-electron chi connectivity index (χ1n) is 5.98. The fraction of sp³-hybridized carbons (Fsp3) is 0.462. The van der Waals surface area contributed by atoms with Gasteiger partial charge in [0.1, 0.15) is 5.82 Å². The molecular weight excluding hydrogens is 219 g/mol. The summed E-state index contributed by atoms with van der Waals surface area (Å²) in [7, 11) is 0. The highest BCUT2D eigenvalue weighted by Gasteiger charge is 2.24. The Morgan fingerprint density at radius 1 is 1.24 bits per heavy atom. The lowest BCUT2D eigenvalue weighted by Gasteiger charge is -2.25. The standard InChI is InChI=1S/C13H17FN2O/c14-11-3-1-2-4-12(11)16-13(17)9-5-7-10(15)8-6-9/h1-4,9-10H,5-8,15H2,(H,16,17). The van der Waals surface area contributed by atoms with Crippen LogP contribution in [0.5, 0.6) is 0 Å². The zero-order valence-electron chi connectivity index (χ0n) is 9.66. The van der Waals surface area contributed by atoms with Gasteiger partial charge in [-0.15, -0.1) is 0 Å². The van der Waals surface area contributed by atoms with Gasteiger partial charge in [-0.1, -0.05) is 12.1 Å². The van der Waals surface area contributed by atoms with Gasteiger partial charge >= 0.3 is 0 Å². The number of para-hydroxylation sites is 1. The van der Waals surface area contributed by atoms with Crippen LogP contribution in [0.4, 0.5) is 10.1 Å². The molecule has 3 N–H and O–H groups in total. The van der Waals surface area contributed by atoms with Crippen LogP contribution in [0.2, 0.25) is 0 Å². The molecule has 0 spiro atoms. The smallest absolute Gasteiger partial charge is 0.227 e. The summed E-state index contributed by atoms with van der Waals surface area (Å²) in [6.07, 6.45) is 3.33. The van der Waals surface area contributed by atoms with Crippen molar-refractivity contribution in [2.45, 2.75) is 31.7 Å². The fourth-order valence-corrected chi connectivity index (χ4v) is 2.18. The van der Waals surface area contributed by atoms with Crippen LogP contribution in [-0.4, -0.2) is 11.9 Å². The Bertz CT molecular complexity index is 400. The molecule has 0 aliphatic heterocycles. The number of nitrogens with two attached hydrogens (primary N) is 1. The van der Waals surface area contributed by atoms with Crippen molar-refractivity contribution in [3.05, 3.63) is 30.1 Å². The van der Waals surface area contributed by atoms with E-state index < -0.39 is 5.82 Å². The fourth-order valence-electron chi connectivity index (χ4n) is 2.18. The Balaban J connectivity index is 1.95. The zero-order valence-corrected chi connectivity index (χ0v) is 9.66. The summed E-state index contributed by atoms with van der Waals surface area (Å²) in [4.78, 5) is 11.9. The van der Waals surface area contributed by atoms with Crippen molar-refractivity contribution < 1.29 is 9.18 Å². The average molecular weight is 236 g/mol. The number of hydrogen-bond acceptors (Lipinski definition) is 2. The molecule has 1 aliphatic carbocycles. The van der Waals surface area contributed by atoms with Gasteiger partial charge < -0.3 is 11.1 Å². The summed E-state index contributed by atoms with van der Waals surface area (Å²) in [5.41, 5.74) is 6.04. The molecule has 1 amide bonds. The van der Waals surface area contributed by atoms with Crippen LogP contribution in [0.1, 0.15) is 25.7 Å². The largest absolute Gasteiger partial charge is 0.328 e. The summed E-state index contributed by atoms with van der Waals surface area (Å²) in [6.45, 7) is 0. The second-order valence-electron chi connectivity index (χ2n) is 4.58. The van der Waals surface area contributed by atoms with E-state index in [1.165, 1.54) is 6.07 Å². The van der Waals surface area contributed by atoms with E-state index in [9.17, 15) is 9.18 Å². The van der Waals surface area contributed by atoms with Crippen LogP contribution in [0.15, 0.2) is 24.3 Å². The van der Waals surface area contributed by atoms with Gasteiger partial charge in [0.2, 0.25) is 5.91 Å². The number of carbonyl (C=O) groups is 1. The van der Waals surface area contributed by atoms with Crippen LogP contribution in [0.3, 0.4) is 0 Å². The molecule has 1 aliphatic rings. The molecule has 0 aromatic heterocycles. The number of nitrogens with one attached hydrogen (secondary N) is 1. The molecule has 92 valence electrons. The van der Waals surface area contributed by atoms with Gasteiger partial charge in [-0.05, 0) is 37.8 Å². The number of rotatable bonds is 2. The molecule has 0 saturated heterocycles. The van der Waals surface area contributed by atoms with E-state index in [1.807, 2.05) is 0 Å². The van der Waals surface area contributed by atoms with Gasteiger partial charge in [0.25, 0.3) is 0 Å². The van der Waals surface area contributed by atoms with Crippen molar-refractivity contribution in [2.75, 3.05) is 5.32 Å². The van der Waals surface area contributed by atoms with Crippen molar-refractivity contribution >= 4 is 11.6 Å². The number of halogens is 1. The molecule has 3 nitrogen and oxygen atoms in total. The van der Waals surface area contributed by atoms with Crippen LogP contribution < -0.4 is 11.1 Å². The van der Waals surface area contributed by atoms with Crippen LogP contribution >= 0.6 is 0 Å². The van der Waals surface area contributed by atoms with Crippen molar-refractivity contribution in [1.82, 2.24) is 0 Å². The molecule has 4 heteroatoms. The Hall–Kier alpha value is -1.42. The molecule has 0 radical (unpaired) electrons. The Morgan fingerprint density at radius 2 is 1.88 bits per heavy atom. The minimum atomic E-state index is -0.395. The second kappa shape index (κ2) is 5.27. The van der Waals surface area contributed by atoms with Gasteiger partial charge in [0, 0.05) is 12.0 Å². The highest BCUT2D eigenvalue weighted by atomic mass is 19.1. The van der Waals surface area contributed by atoms with Crippen molar-refractivity contribution in [2.24, 2.45) is 11.7 Å². The molecule has 0 atom stereocenters. The highest BCUT2D eigenvalue weighted by molar-refractivity contribution is 5.92. The van der Waals surface area contributed by atoms with Gasteiger partial charge in [0.05, 0.1) is 5.69 Å². The molecule has 17 heavy (non-hydrogen) atoms. The van der Waals surface area contributed by atoms with Gasteiger partial charge in [0.15, 0.2) is 0 Å². The average Bonchev–Trinajstić information content (AvgIpc) is 2.33. The highest BCUT2D eigenvalue weighted by Crippen LogP contribution is 2.25. The first-order chi connectivity index (χ1) is 8.16. The normalized spacial score (nSPS) is 24.4. The van der Waals surface area contributed by atoms with Crippen LogP contribution in [-0.2, 0) is 4.79 Å². The maximum atomic E-state index is 13.3. The second-order valence-corrected chi connectivity index (χ2v) is 4.58. The first-order valence-corrected chi connectivity index (χ1v) is 5.98. The number of amides is 1. The van der Waals surface area contributed by atoms with Gasteiger partial charge in [-0.3, -0.25) is 4.79 Å². The van der Waals surface area contributed by atoms with E-state index >= 15 is 0 Å². The topological polar surface area (TPSA) is 55.1 Å². The third-order valence-electron chi connectivity index (χ3n) is 3.27. The lowest BCUT2D eigenvalue weighted by molar-refractivity contribution is -0.120. The monoisotopic (exact) mass is 236 g/mol. The third kappa shape index (κ3) is 3.03. The maximum Gasteiger partial charge on any atom is 0.227 e. The minimum absolute atomic E-state index is 0.0330. The van der Waals surface area contributed by atoms with Crippen LogP contribution in [0, 0.1) is 11.7 Å². The van der Waals surface area contributed by atoms with Crippen molar-refractivity contribution in [3.8, 4) is 0 Å². The zero-order chi connectivity index (χ0) is 12.3. The number of anilines is 1. The first kappa shape index (κ1) is 12.0. The van der Waals surface area contributed by atoms with E-state index in [2.05, 4.69) is 5.32 Å². The SMILES string of the molecule is NC1CCC(C(=O)Nc2ccccc2F)CC1. The summed E-state index contributed by atoms with van der Waals surface area (Å²) >= 11 is 0. The molecule has 0 heterocycles. The van der Waals surface area contributed by atoms with E-state index in [0.717, 1.165) is 25.7 Å². The van der Waals surface area contributed by atoms with E-state index in [-0.39, 0.29) is 23.6 Å². The van der Waals surface area contributed by atoms with E-state index in [0.29, 0.717) is 0 Å². The lowest BCUT2D eigenvalue weighted by atomic mass is 9.86. The Kier molecular flexibility index (Phi) is 3.74. The summed E-state index contributed by atoms with van der Waals surface area (Å²) in [5, 5.41) is 2.64. The Labute approximate surface area is 100 Å². The minimum Gasteiger partial charge on any atom is -0.328 e. The van der Waals surface area contributed by atoms with Gasteiger partial charge in [-0.25, -0.2) is 4.39 Å². The molecule has 0 bridgehead atoms. The maximum absolute atomic E-state index is 13.3. The molecule has 1 aromatic rings. The Morgan fingerprint density at radius 3 is 2.53 bits per heavy atom. The predicted octanol–water partition coefficient (Wildman–Crippen LogP) is 2.28. The third-order valence-corrected chi connectivity index (χ3v) is 3.27. The predicted molar refractivity (Wildman–Crippen MR) is 65.0 cm³/mol. The van der Waals surface area contributed by atoms with Gasteiger partial charge in [-0.2, -0.15) is 0 Å². The molecule has 0 unspecified atom stereocenters. The molecule has 1 aromatic carbocycles.